The molecule has 1 aromatic carbocycles. The van der Waals surface area contributed by atoms with Gasteiger partial charge in [0.25, 0.3) is 5.91 Å². The fourth-order valence-electron chi connectivity index (χ4n) is 2.33. The molecular weight excluding hydrogens is 370 g/mol. The van der Waals surface area contributed by atoms with Crippen LogP contribution >= 0.6 is 22.9 Å². The van der Waals surface area contributed by atoms with Crippen LogP contribution in [0, 0.1) is 0 Å². The summed E-state index contributed by atoms with van der Waals surface area (Å²) in [5.74, 6) is -0.278. The fraction of sp³-hybridized carbons (Fsp3) is 0. The van der Waals surface area contributed by atoms with Crippen LogP contribution < -0.4 is 5.32 Å². The lowest BCUT2D eigenvalue weighted by Crippen LogP contribution is -2.10. The quantitative estimate of drug-likeness (QED) is 0.572. The van der Waals surface area contributed by atoms with Crippen LogP contribution in [0.1, 0.15) is 10.4 Å². The zero-order valence-corrected chi connectivity index (χ0v) is 14.9. The molecule has 1 N–H and O–H groups in total. The van der Waals surface area contributed by atoms with E-state index in [1.54, 1.807) is 29.2 Å². The molecule has 8 heteroatoms. The predicted molar refractivity (Wildman–Crippen MR) is 102 cm³/mol. The minimum absolute atomic E-state index is 0.278. The highest BCUT2D eigenvalue weighted by Gasteiger charge is 2.13. The first kappa shape index (κ1) is 16.4. The monoisotopic (exact) mass is 381 g/mol. The molecule has 0 atom stereocenters. The van der Waals surface area contributed by atoms with Gasteiger partial charge in [0.05, 0.1) is 23.1 Å². The standard InChI is InChI=1S/C18H12ClN5OS/c19-13-4-3-5-14(8-13)24-10-12(9-21-24)17(25)23-18-22-16(11-26-18)15-6-1-2-7-20-15/h1-11H,(H,22,23,25). The summed E-state index contributed by atoms with van der Waals surface area (Å²) in [5, 5.41) is 9.96. The van der Waals surface area contributed by atoms with Crippen molar-refractivity contribution in [3.63, 3.8) is 0 Å². The molecule has 4 rings (SSSR count). The van der Waals surface area contributed by atoms with E-state index in [-0.39, 0.29) is 5.91 Å². The first-order chi connectivity index (χ1) is 12.7. The number of pyridine rings is 1. The summed E-state index contributed by atoms with van der Waals surface area (Å²) in [6.07, 6.45) is 4.86. The summed E-state index contributed by atoms with van der Waals surface area (Å²) < 4.78 is 1.60. The average Bonchev–Trinajstić information content (AvgIpc) is 3.32. The number of anilines is 1. The Kier molecular flexibility index (Phi) is 4.47. The summed E-state index contributed by atoms with van der Waals surface area (Å²) in [5.41, 5.74) is 2.70. The van der Waals surface area contributed by atoms with Crippen LogP contribution in [0.3, 0.4) is 0 Å². The van der Waals surface area contributed by atoms with Crippen molar-refractivity contribution in [2.75, 3.05) is 5.32 Å². The minimum atomic E-state index is -0.278. The second-order valence-electron chi connectivity index (χ2n) is 5.36. The molecule has 0 bridgehead atoms. The van der Waals surface area contributed by atoms with Crippen molar-refractivity contribution in [2.24, 2.45) is 0 Å². The Balaban J connectivity index is 1.50. The lowest BCUT2D eigenvalue weighted by Gasteiger charge is -2.01. The van der Waals surface area contributed by atoms with E-state index in [4.69, 9.17) is 11.6 Å². The van der Waals surface area contributed by atoms with E-state index in [1.165, 1.54) is 17.5 Å². The molecule has 0 radical (unpaired) electrons. The minimum Gasteiger partial charge on any atom is -0.298 e. The van der Waals surface area contributed by atoms with Crippen LogP contribution in [0.4, 0.5) is 5.13 Å². The van der Waals surface area contributed by atoms with E-state index < -0.39 is 0 Å². The molecule has 3 aromatic heterocycles. The van der Waals surface area contributed by atoms with Crippen molar-refractivity contribution in [2.45, 2.75) is 0 Å². The van der Waals surface area contributed by atoms with Gasteiger partial charge >= 0.3 is 0 Å². The zero-order chi connectivity index (χ0) is 17.9. The number of nitrogens with zero attached hydrogens (tertiary/aromatic N) is 4. The maximum absolute atomic E-state index is 12.4. The van der Waals surface area contributed by atoms with Gasteiger partial charge in [-0.3, -0.25) is 15.1 Å². The Morgan fingerprint density at radius 2 is 2.08 bits per heavy atom. The van der Waals surface area contributed by atoms with E-state index in [0.29, 0.717) is 15.7 Å². The van der Waals surface area contributed by atoms with Crippen LogP contribution in [-0.2, 0) is 0 Å². The second-order valence-corrected chi connectivity index (χ2v) is 6.65. The van der Waals surface area contributed by atoms with Gasteiger partial charge in [-0.15, -0.1) is 11.3 Å². The molecule has 4 aromatic rings. The average molecular weight is 382 g/mol. The van der Waals surface area contributed by atoms with Crippen molar-refractivity contribution in [1.82, 2.24) is 19.7 Å². The van der Waals surface area contributed by atoms with E-state index in [9.17, 15) is 4.79 Å². The molecule has 0 spiro atoms. The van der Waals surface area contributed by atoms with Gasteiger partial charge in [-0.1, -0.05) is 23.7 Å². The molecule has 0 saturated heterocycles. The molecule has 0 aliphatic heterocycles. The molecule has 3 heterocycles. The summed E-state index contributed by atoms with van der Waals surface area (Å²) in [4.78, 5) is 21.1. The molecule has 128 valence electrons. The summed E-state index contributed by atoms with van der Waals surface area (Å²) in [6.45, 7) is 0. The maximum atomic E-state index is 12.4. The maximum Gasteiger partial charge on any atom is 0.260 e. The molecule has 0 aliphatic carbocycles. The molecule has 6 nitrogen and oxygen atoms in total. The number of rotatable bonds is 4. The number of amides is 1. The van der Waals surface area contributed by atoms with Crippen LogP contribution in [0.5, 0.6) is 0 Å². The van der Waals surface area contributed by atoms with Gasteiger partial charge in [-0.2, -0.15) is 5.10 Å². The summed E-state index contributed by atoms with van der Waals surface area (Å²) >= 11 is 7.34. The summed E-state index contributed by atoms with van der Waals surface area (Å²) in [7, 11) is 0. The Morgan fingerprint density at radius 1 is 1.15 bits per heavy atom. The number of aromatic nitrogens is 4. The highest BCUT2D eigenvalue weighted by atomic mass is 35.5. The van der Waals surface area contributed by atoms with Crippen molar-refractivity contribution in [3.05, 3.63) is 77.0 Å². The van der Waals surface area contributed by atoms with Crippen molar-refractivity contribution < 1.29 is 4.79 Å². The van der Waals surface area contributed by atoms with Gasteiger partial charge in [-0.25, -0.2) is 9.67 Å². The Hall–Kier alpha value is -3.03. The van der Waals surface area contributed by atoms with Crippen LogP contribution in [0.15, 0.2) is 66.4 Å². The van der Waals surface area contributed by atoms with E-state index in [0.717, 1.165) is 17.1 Å². The first-order valence-corrected chi connectivity index (χ1v) is 8.94. The lowest BCUT2D eigenvalue weighted by molar-refractivity contribution is 0.102. The lowest BCUT2D eigenvalue weighted by atomic mass is 10.3. The van der Waals surface area contributed by atoms with E-state index >= 15 is 0 Å². The SMILES string of the molecule is O=C(Nc1nc(-c2ccccn2)cs1)c1cnn(-c2cccc(Cl)c2)c1. The highest BCUT2D eigenvalue weighted by molar-refractivity contribution is 7.14. The van der Waals surface area contributed by atoms with Crippen molar-refractivity contribution >= 4 is 34.0 Å². The molecule has 0 saturated carbocycles. The fourth-order valence-corrected chi connectivity index (χ4v) is 3.22. The van der Waals surface area contributed by atoms with E-state index in [1.807, 2.05) is 35.7 Å². The van der Waals surface area contributed by atoms with Gasteiger partial charge in [-0.05, 0) is 30.3 Å². The van der Waals surface area contributed by atoms with Crippen LogP contribution in [-0.4, -0.2) is 25.7 Å². The number of benzene rings is 1. The van der Waals surface area contributed by atoms with Gasteiger partial charge in [0.1, 0.15) is 5.69 Å². The molecule has 0 fully saturated rings. The number of thiazole rings is 1. The third kappa shape index (κ3) is 3.49. The normalized spacial score (nSPS) is 10.7. The Morgan fingerprint density at radius 3 is 2.88 bits per heavy atom. The van der Waals surface area contributed by atoms with Gasteiger partial charge in [0, 0.05) is 22.8 Å². The third-order valence-electron chi connectivity index (χ3n) is 3.57. The number of hydrogen-bond donors (Lipinski definition) is 1. The predicted octanol–water partition coefficient (Wildman–Crippen LogP) is 4.30. The largest absolute Gasteiger partial charge is 0.298 e. The van der Waals surface area contributed by atoms with E-state index in [2.05, 4.69) is 20.4 Å². The van der Waals surface area contributed by atoms with Crippen LogP contribution in [0.25, 0.3) is 17.1 Å². The number of carbonyl (C=O) groups is 1. The first-order valence-electron chi connectivity index (χ1n) is 7.68. The van der Waals surface area contributed by atoms with Crippen LogP contribution in [0.2, 0.25) is 5.02 Å². The van der Waals surface area contributed by atoms with Crippen molar-refractivity contribution in [3.8, 4) is 17.1 Å². The number of hydrogen-bond acceptors (Lipinski definition) is 5. The number of nitrogens with one attached hydrogen (secondary N) is 1. The topological polar surface area (TPSA) is 72.7 Å². The molecule has 26 heavy (non-hydrogen) atoms. The second kappa shape index (κ2) is 7.07. The molecule has 0 aliphatic rings. The summed E-state index contributed by atoms with van der Waals surface area (Å²) in [6, 6.07) is 12.9. The van der Waals surface area contributed by atoms with Gasteiger partial charge < -0.3 is 0 Å². The van der Waals surface area contributed by atoms with Gasteiger partial charge in [0.2, 0.25) is 0 Å². The molecular formula is C18H12ClN5OS. The van der Waals surface area contributed by atoms with Crippen molar-refractivity contribution in [1.29, 1.82) is 0 Å². The zero-order valence-electron chi connectivity index (χ0n) is 13.3. The molecule has 1 amide bonds. The number of halogens is 1. The molecule has 0 unspecified atom stereocenters. The highest BCUT2D eigenvalue weighted by Crippen LogP contribution is 2.23. The Bertz CT molecular complexity index is 1060. The Labute approximate surface area is 158 Å². The number of carbonyl (C=O) groups excluding carboxylic acids is 1. The van der Waals surface area contributed by atoms with Gasteiger partial charge in [0.15, 0.2) is 5.13 Å². The smallest absolute Gasteiger partial charge is 0.260 e. The third-order valence-corrected chi connectivity index (χ3v) is 4.56.